The molecule has 0 unspecified atom stereocenters. The van der Waals surface area contributed by atoms with Crippen molar-refractivity contribution >= 4 is 11.6 Å². The summed E-state index contributed by atoms with van der Waals surface area (Å²) in [6.45, 7) is 4.34. The van der Waals surface area contributed by atoms with Crippen LogP contribution in [0.4, 0.5) is 5.69 Å². The summed E-state index contributed by atoms with van der Waals surface area (Å²) in [4.78, 5) is 18.7. The highest BCUT2D eigenvalue weighted by Gasteiger charge is 2.36. The Balaban J connectivity index is 1.22. The van der Waals surface area contributed by atoms with Gasteiger partial charge in [0.25, 0.3) is 5.91 Å². The number of carbonyl (C=O) groups excluding carboxylic acids is 1. The second-order valence-electron chi connectivity index (χ2n) is 10.7. The van der Waals surface area contributed by atoms with Crippen molar-refractivity contribution in [1.29, 1.82) is 0 Å². The van der Waals surface area contributed by atoms with Gasteiger partial charge in [0.15, 0.2) is 11.5 Å². The first kappa shape index (κ1) is 24.1. The zero-order valence-corrected chi connectivity index (χ0v) is 21.6. The van der Waals surface area contributed by atoms with Gasteiger partial charge in [-0.25, -0.2) is 0 Å². The third kappa shape index (κ3) is 4.97. The minimum absolute atomic E-state index is 0.0282. The van der Waals surface area contributed by atoms with Gasteiger partial charge < -0.3 is 14.4 Å². The highest BCUT2D eigenvalue weighted by Crippen LogP contribution is 2.38. The molecule has 2 atom stereocenters. The molecule has 3 aliphatic rings. The average Bonchev–Trinajstić information content (AvgIpc) is 3.43. The molecular formula is C32H36N2O3. The van der Waals surface area contributed by atoms with Gasteiger partial charge in [-0.15, -0.1) is 0 Å². The van der Waals surface area contributed by atoms with E-state index in [0.717, 1.165) is 31.6 Å². The van der Waals surface area contributed by atoms with E-state index in [0.29, 0.717) is 29.0 Å². The first-order valence-corrected chi connectivity index (χ1v) is 13.8. The summed E-state index contributed by atoms with van der Waals surface area (Å²) in [5, 5.41) is 0. The summed E-state index contributed by atoms with van der Waals surface area (Å²) < 4.78 is 11.0. The number of anilines is 1. The number of piperidine rings is 1. The van der Waals surface area contributed by atoms with Crippen LogP contribution in [0, 0.1) is 6.92 Å². The fraction of sp³-hybridized carbons (Fsp3) is 0.406. The molecule has 2 aliphatic heterocycles. The Labute approximate surface area is 220 Å². The number of hydrogen-bond acceptors (Lipinski definition) is 4. The minimum Gasteiger partial charge on any atom is -0.454 e. The van der Waals surface area contributed by atoms with E-state index in [2.05, 4.69) is 66.4 Å². The predicted octanol–water partition coefficient (Wildman–Crippen LogP) is 6.56. The van der Waals surface area contributed by atoms with Gasteiger partial charge in [-0.05, 0) is 74.4 Å². The molecule has 0 bridgehead atoms. The standard InChI is InChI=1S/C32H36N2O3/c1-23-11-14-26(15-12-23)34(32(35)25-13-16-30-31(21-25)37-22-36-30)27-17-19-33(20-18-27)29-10-6-5-9-28(29)24-7-3-2-4-8-24/h2-4,7-8,11-16,21,27-29H,5-6,9-10,17-20,22H2,1H3/t28-,29-/m1/s1. The second kappa shape index (κ2) is 10.6. The first-order chi connectivity index (χ1) is 18.2. The molecular weight excluding hydrogens is 460 g/mol. The largest absolute Gasteiger partial charge is 0.454 e. The Hall–Kier alpha value is -3.31. The molecule has 192 valence electrons. The Morgan fingerprint density at radius 2 is 1.57 bits per heavy atom. The third-order valence-corrected chi connectivity index (χ3v) is 8.44. The van der Waals surface area contributed by atoms with Crippen LogP contribution >= 0.6 is 0 Å². The number of nitrogens with zero attached hydrogens (tertiary/aromatic N) is 2. The Kier molecular flexibility index (Phi) is 6.88. The molecule has 1 saturated heterocycles. The molecule has 2 heterocycles. The number of benzene rings is 3. The fourth-order valence-corrected chi connectivity index (χ4v) is 6.48. The van der Waals surface area contributed by atoms with Crippen LogP contribution in [0.1, 0.15) is 65.9 Å². The molecule has 2 fully saturated rings. The quantitative estimate of drug-likeness (QED) is 0.401. The average molecular weight is 497 g/mol. The number of carbonyl (C=O) groups is 1. The van der Waals surface area contributed by atoms with Crippen molar-refractivity contribution in [1.82, 2.24) is 4.90 Å². The molecule has 0 radical (unpaired) electrons. The van der Waals surface area contributed by atoms with Gasteiger partial charge in [0.2, 0.25) is 6.79 Å². The van der Waals surface area contributed by atoms with Crippen molar-refractivity contribution in [3.8, 4) is 11.5 Å². The van der Waals surface area contributed by atoms with Crippen LogP contribution in [0.2, 0.25) is 0 Å². The van der Waals surface area contributed by atoms with Crippen molar-refractivity contribution in [2.75, 3.05) is 24.8 Å². The molecule has 6 rings (SSSR count). The molecule has 37 heavy (non-hydrogen) atoms. The molecule has 1 amide bonds. The lowest BCUT2D eigenvalue weighted by Gasteiger charge is -2.45. The molecule has 0 spiro atoms. The molecule has 5 nitrogen and oxygen atoms in total. The summed E-state index contributed by atoms with van der Waals surface area (Å²) in [6.07, 6.45) is 7.11. The van der Waals surface area contributed by atoms with Crippen LogP contribution in [-0.2, 0) is 0 Å². The van der Waals surface area contributed by atoms with Gasteiger partial charge in [0.1, 0.15) is 0 Å². The number of ether oxygens (including phenoxy) is 2. The number of hydrogen-bond donors (Lipinski definition) is 0. The number of likely N-dealkylation sites (tertiary alicyclic amines) is 1. The third-order valence-electron chi connectivity index (χ3n) is 8.44. The van der Waals surface area contributed by atoms with E-state index in [1.54, 1.807) is 0 Å². The van der Waals surface area contributed by atoms with Crippen LogP contribution in [0.5, 0.6) is 11.5 Å². The summed E-state index contributed by atoms with van der Waals surface area (Å²) in [5.74, 6) is 1.98. The number of aryl methyl sites for hydroxylation is 1. The van der Waals surface area contributed by atoms with E-state index in [9.17, 15) is 4.79 Å². The van der Waals surface area contributed by atoms with Crippen molar-refractivity contribution in [3.05, 3.63) is 89.5 Å². The molecule has 3 aromatic rings. The minimum atomic E-state index is 0.0282. The monoisotopic (exact) mass is 496 g/mol. The van der Waals surface area contributed by atoms with E-state index in [1.807, 2.05) is 23.1 Å². The topological polar surface area (TPSA) is 42.0 Å². The summed E-state index contributed by atoms with van der Waals surface area (Å²) in [6, 6.07) is 25.7. The maximum Gasteiger partial charge on any atom is 0.258 e. The zero-order chi connectivity index (χ0) is 25.2. The van der Waals surface area contributed by atoms with E-state index >= 15 is 0 Å². The Morgan fingerprint density at radius 1 is 0.838 bits per heavy atom. The van der Waals surface area contributed by atoms with Crippen LogP contribution in [0.25, 0.3) is 0 Å². The van der Waals surface area contributed by atoms with Crippen LogP contribution in [-0.4, -0.2) is 42.8 Å². The second-order valence-corrected chi connectivity index (χ2v) is 10.7. The fourth-order valence-electron chi connectivity index (χ4n) is 6.48. The van der Waals surface area contributed by atoms with Crippen molar-refractivity contribution < 1.29 is 14.3 Å². The highest BCUT2D eigenvalue weighted by atomic mass is 16.7. The molecule has 1 saturated carbocycles. The van der Waals surface area contributed by atoms with E-state index in [-0.39, 0.29) is 18.7 Å². The van der Waals surface area contributed by atoms with Crippen molar-refractivity contribution in [3.63, 3.8) is 0 Å². The lowest BCUT2D eigenvalue weighted by Crippen LogP contribution is -2.51. The van der Waals surface area contributed by atoms with Gasteiger partial charge in [-0.2, -0.15) is 0 Å². The Bertz CT molecular complexity index is 1220. The van der Waals surface area contributed by atoms with Crippen molar-refractivity contribution in [2.24, 2.45) is 0 Å². The SMILES string of the molecule is Cc1ccc(N(C(=O)c2ccc3c(c2)OCO3)C2CCN([C@@H]3CCCC[C@@H]3c3ccccc3)CC2)cc1. The summed E-state index contributed by atoms with van der Waals surface area (Å²) >= 11 is 0. The molecule has 1 aliphatic carbocycles. The molecule has 0 N–H and O–H groups in total. The Morgan fingerprint density at radius 3 is 2.35 bits per heavy atom. The van der Waals surface area contributed by atoms with E-state index < -0.39 is 0 Å². The van der Waals surface area contributed by atoms with Crippen molar-refractivity contribution in [2.45, 2.75) is 63.5 Å². The van der Waals surface area contributed by atoms with Gasteiger partial charge in [-0.3, -0.25) is 9.69 Å². The van der Waals surface area contributed by atoms with Gasteiger partial charge in [0, 0.05) is 36.4 Å². The van der Waals surface area contributed by atoms with Crippen LogP contribution in [0.15, 0.2) is 72.8 Å². The maximum atomic E-state index is 14.0. The predicted molar refractivity (Wildman–Crippen MR) is 147 cm³/mol. The normalized spacial score (nSPS) is 22.1. The molecule has 3 aromatic carbocycles. The smallest absolute Gasteiger partial charge is 0.258 e. The zero-order valence-electron chi connectivity index (χ0n) is 21.6. The molecule has 0 aromatic heterocycles. The summed E-state index contributed by atoms with van der Waals surface area (Å²) in [5.41, 5.74) is 4.28. The molecule has 5 heteroatoms. The highest BCUT2D eigenvalue weighted by molar-refractivity contribution is 6.07. The number of amides is 1. The maximum absolute atomic E-state index is 14.0. The van der Waals surface area contributed by atoms with E-state index in [4.69, 9.17) is 9.47 Å². The number of fused-ring (bicyclic) bond motifs is 1. The van der Waals surface area contributed by atoms with E-state index in [1.165, 1.54) is 36.8 Å². The van der Waals surface area contributed by atoms with Gasteiger partial charge in [0.05, 0.1) is 0 Å². The lowest BCUT2D eigenvalue weighted by atomic mass is 9.78. The lowest BCUT2D eigenvalue weighted by molar-refractivity contribution is 0.0894. The number of rotatable bonds is 5. The first-order valence-electron chi connectivity index (χ1n) is 13.8. The summed E-state index contributed by atoms with van der Waals surface area (Å²) in [7, 11) is 0. The van der Waals surface area contributed by atoms with Gasteiger partial charge in [-0.1, -0.05) is 60.9 Å². The van der Waals surface area contributed by atoms with Crippen LogP contribution in [0.3, 0.4) is 0 Å². The van der Waals surface area contributed by atoms with Crippen LogP contribution < -0.4 is 14.4 Å². The van der Waals surface area contributed by atoms with Gasteiger partial charge >= 0.3 is 0 Å².